The number of rotatable bonds is 7. The van der Waals surface area contributed by atoms with Gasteiger partial charge in [0, 0.05) is 7.11 Å². The number of furan rings is 1. The van der Waals surface area contributed by atoms with Crippen molar-refractivity contribution in [1.29, 1.82) is 0 Å². The summed E-state index contributed by atoms with van der Waals surface area (Å²) in [5.41, 5.74) is 2.75. The highest BCUT2D eigenvalue weighted by Crippen LogP contribution is 2.07. The first-order valence-corrected chi connectivity index (χ1v) is 4.38. The summed E-state index contributed by atoms with van der Waals surface area (Å²) in [4.78, 5) is 15.5. The number of hydroxylamine groups is 1. The van der Waals surface area contributed by atoms with Crippen LogP contribution in [0.1, 0.15) is 16.1 Å². The standard InChI is InChI=1S/C9H13NO5/c1-13-2-3-15-10-5-8-4-7(6-14-8)9(11)12/h4,6,10H,2-3,5H2,1H3,(H,11,12). The largest absolute Gasteiger partial charge is 0.478 e. The first kappa shape index (κ1) is 11.7. The number of nitrogens with one attached hydrogen (secondary N) is 1. The van der Waals surface area contributed by atoms with Gasteiger partial charge < -0.3 is 14.3 Å². The van der Waals surface area contributed by atoms with Gasteiger partial charge in [0.25, 0.3) is 0 Å². The summed E-state index contributed by atoms with van der Waals surface area (Å²) < 4.78 is 9.74. The van der Waals surface area contributed by atoms with Gasteiger partial charge in [0.2, 0.25) is 0 Å². The van der Waals surface area contributed by atoms with Crippen LogP contribution in [0.2, 0.25) is 0 Å². The van der Waals surface area contributed by atoms with Crippen LogP contribution in [0.15, 0.2) is 16.7 Å². The molecular weight excluding hydrogens is 202 g/mol. The molecule has 6 heteroatoms. The van der Waals surface area contributed by atoms with Gasteiger partial charge in [0.15, 0.2) is 0 Å². The lowest BCUT2D eigenvalue weighted by atomic mass is 10.3. The molecule has 0 radical (unpaired) electrons. The van der Waals surface area contributed by atoms with Gasteiger partial charge in [-0.15, -0.1) is 0 Å². The van der Waals surface area contributed by atoms with Crippen molar-refractivity contribution in [3.05, 3.63) is 23.7 Å². The Labute approximate surface area is 86.7 Å². The molecule has 0 bridgehead atoms. The van der Waals surface area contributed by atoms with E-state index in [0.29, 0.717) is 25.5 Å². The first-order chi connectivity index (χ1) is 7.24. The van der Waals surface area contributed by atoms with Crippen LogP contribution in [-0.4, -0.2) is 31.4 Å². The fourth-order valence-corrected chi connectivity index (χ4v) is 0.905. The van der Waals surface area contributed by atoms with E-state index in [-0.39, 0.29) is 5.56 Å². The molecule has 1 aromatic rings. The molecule has 0 amide bonds. The smallest absolute Gasteiger partial charge is 0.338 e. The molecule has 15 heavy (non-hydrogen) atoms. The molecular formula is C9H13NO5. The van der Waals surface area contributed by atoms with Crippen LogP contribution < -0.4 is 5.48 Å². The van der Waals surface area contributed by atoms with Gasteiger partial charge in [0.05, 0.1) is 25.3 Å². The molecule has 1 heterocycles. The third-order valence-corrected chi connectivity index (χ3v) is 1.64. The van der Waals surface area contributed by atoms with Crippen molar-refractivity contribution in [2.24, 2.45) is 0 Å². The molecule has 2 N–H and O–H groups in total. The average Bonchev–Trinajstić information content (AvgIpc) is 2.66. The number of ether oxygens (including phenoxy) is 1. The average molecular weight is 215 g/mol. The molecule has 1 rings (SSSR count). The Morgan fingerprint density at radius 1 is 1.60 bits per heavy atom. The predicted molar refractivity (Wildman–Crippen MR) is 50.3 cm³/mol. The molecule has 0 atom stereocenters. The molecule has 0 saturated carbocycles. The summed E-state index contributed by atoms with van der Waals surface area (Å²) in [6.45, 7) is 1.23. The lowest BCUT2D eigenvalue weighted by molar-refractivity contribution is 0.00104. The summed E-state index contributed by atoms with van der Waals surface area (Å²) >= 11 is 0. The number of carboxylic acid groups (broad SMARTS) is 1. The SMILES string of the molecule is COCCONCc1cc(C(=O)O)co1. The van der Waals surface area contributed by atoms with E-state index in [1.54, 1.807) is 7.11 Å². The Morgan fingerprint density at radius 2 is 2.40 bits per heavy atom. The summed E-state index contributed by atoms with van der Waals surface area (Å²) in [7, 11) is 1.58. The second-order valence-electron chi connectivity index (χ2n) is 2.77. The van der Waals surface area contributed by atoms with Crippen molar-refractivity contribution in [3.8, 4) is 0 Å². The van der Waals surface area contributed by atoms with Crippen LogP contribution >= 0.6 is 0 Å². The summed E-state index contributed by atoms with van der Waals surface area (Å²) in [6, 6.07) is 1.44. The van der Waals surface area contributed by atoms with Crippen molar-refractivity contribution < 1.29 is 23.9 Å². The van der Waals surface area contributed by atoms with E-state index in [0.717, 1.165) is 0 Å². The monoisotopic (exact) mass is 215 g/mol. The van der Waals surface area contributed by atoms with Gasteiger partial charge in [-0.05, 0) is 6.07 Å². The maximum absolute atomic E-state index is 10.5. The Hall–Kier alpha value is -1.37. The number of methoxy groups -OCH3 is 1. The molecule has 0 aromatic carbocycles. The molecule has 0 saturated heterocycles. The zero-order chi connectivity index (χ0) is 11.1. The lowest BCUT2D eigenvalue weighted by Crippen LogP contribution is -2.16. The van der Waals surface area contributed by atoms with E-state index < -0.39 is 5.97 Å². The number of hydrogen-bond acceptors (Lipinski definition) is 5. The van der Waals surface area contributed by atoms with Gasteiger partial charge in [-0.3, -0.25) is 4.84 Å². The first-order valence-electron chi connectivity index (χ1n) is 4.38. The molecule has 6 nitrogen and oxygen atoms in total. The Kier molecular flexibility index (Phi) is 4.82. The van der Waals surface area contributed by atoms with Crippen LogP contribution in [-0.2, 0) is 16.1 Å². The highest BCUT2D eigenvalue weighted by atomic mass is 16.7. The fraction of sp³-hybridized carbons (Fsp3) is 0.444. The summed E-state index contributed by atoms with van der Waals surface area (Å²) in [5, 5.41) is 8.61. The van der Waals surface area contributed by atoms with Gasteiger partial charge in [-0.1, -0.05) is 0 Å². The molecule has 0 aliphatic heterocycles. The fourth-order valence-electron chi connectivity index (χ4n) is 0.905. The number of hydrogen-bond donors (Lipinski definition) is 2. The maximum Gasteiger partial charge on any atom is 0.338 e. The van der Waals surface area contributed by atoms with Crippen molar-refractivity contribution >= 4 is 5.97 Å². The van der Waals surface area contributed by atoms with E-state index in [4.69, 9.17) is 19.1 Å². The predicted octanol–water partition coefficient (Wildman–Crippen LogP) is 0.645. The molecule has 84 valence electrons. The van der Waals surface area contributed by atoms with E-state index in [1.165, 1.54) is 12.3 Å². The molecule has 0 fully saturated rings. The summed E-state index contributed by atoms with van der Waals surface area (Å²) in [5.74, 6) is -0.505. The van der Waals surface area contributed by atoms with E-state index in [2.05, 4.69) is 5.48 Å². The minimum atomic E-state index is -1.01. The van der Waals surface area contributed by atoms with Crippen molar-refractivity contribution in [2.45, 2.75) is 6.54 Å². The van der Waals surface area contributed by atoms with Gasteiger partial charge in [-0.25, -0.2) is 4.79 Å². The van der Waals surface area contributed by atoms with Gasteiger partial charge >= 0.3 is 5.97 Å². The molecule has 0 aliphatic rings. The Balaban J connectivity index is 2.23. The molecule has 0 spiro atoms. The third-order valence-electron chi connectivity index (χ3n) is 1.64. The lowest BCUT2D eigenvalue weighted by Gasteiger charge is -2.02. The Bertz CT molecular complexity index is 309. The second-order valence-corrected chi connectivity index (χ2v) is 2.77. The normalized spacial score (nSPS) is 10.5. The van der Waals surface area contributed by atoms with Crippen molar-refractivity contribution in [2.75, 3.05) is 20.3 Å². The highest BCUT2D eigenvalue weighted by Gasteiger charge is 2.07. The third kappa shape index (κ3) is 4.11. The maximum atomic E-state index is 10.5. The van der Waals surface area contributed by atoms with Gasteiger partial charge in [-0.2, -0.15) is 5.48 Å². The summed E-state index contributed by atoms with van der Waals surface area (Å²) in [6.07, 6.45) is 1.19. The van der Waals surface area contributed by atoms with Crippen molar-refractivity contribution in [3.63, 3.8) is 0 Å². The van der Waals surface area contributed by atoms with E-state index >= 15 is 0 Å². The van der Waals surface area contributed by atoms with E-state index in [9.17, 15) is 4.79 Å². The Morgan fingerprint density at radius 3 is 3.00 bits per heavy atom. The topological polar surface area (TPSA) is 80.9 Å². The second kappa shape index (κ2) is 6.18. The van der Waals surface area contributed by atoms with Crippen LogP contribution in [0.4, 0.5) is 0 Å². The number of carboxylic acids is 1. The molecule has 0 aliphatic carbocycles. The van der Waals surface area contributed by atoms with E-state index in [1.807, 2.05) is 0 Å². The zero-order valence-electron chi connectivity index (χ0n) is 8.36. The van der Waals surface area contributed by atoms with Crippen LogP contribution in [0.25, 0.3) is 0 Å². The van der Waals surface area contributed by atoms with Crippen LogP contribution in [0.3, 0.4) is 0 Å². The minimum absolute atomic E-state index is 0.128. The molecule has 1 aromatic heterocycles. The minimum Gasteiger partial charge on any atom is -0.478 e. The number of aromatic carboxylic acids is 1. The zero-order valence-corrected chi connectivity index (χ0v) is 8.36. The van der Waals surface area contributed by atoms with Crippen LogP contribution in [0, 0.1) is 0 Å². The van der Waals surface area contributed by atoms with Gasteiger partial charge in [0.1, 0.15) is 12.0 Å². The van der Waals surface area contributed by atoms with Crippen molar-refractivity contribution in [1.82, 2.24) is 5.48 Å². The number of carbonyl (C=O) groups is 1. The van der Waals surface area contributed by atoms with Crippen LogP contribution in [0.5, 0.6) is 0 Å². The quantitative estimate of drug-likeness (QED) is 0.513. The molecule has 0 unspecified atom stereocenters. The highest BCUT2D eigenvalue weighted by molar-refractivity contribution is 5.87.